The fourth-order valence-corrected chi connectivity index (χ4v) is 4.23. The van der Waals surface area contributed by atoms with Gasteiger partial charge in [-0.05, 0) is 16.3 Å². The van der Waals surface area contributed by atoms with E-state index in [0.717, 1.165) is 16.3 Å². The fourth-order valence-electron chi connectivity index (χ4n) is 4.23. The Kier molecular flexibility index (Phi) is 7.34. The van der Waals surface area contributed by atoms with E-state index < -0.39 is 0 Å². The molecule has 170 valence electrons. The summed E-state index contributed by atoms with van der Waals surface area (Å²) in [5.41, 5.74) is 0.951. The molecule has 4 rings (SSSR count). The van der Waals surface area contributed by atoms with E-state index in [-0.39, 0.29) is 30.7 Å². The van der Waals surface area contributed by atoms with Gasteiger partial charge >= 0.3 is 0 Å². The highest BCUT2D eigenvalue weighted by Crippen LogP contribution is 2.18. The molecule has 0 saturated carbocycles. The van der Waals surface area contributed by atoms with E-state index >= 15 is 0 Å². The number of morpholine rings is 1. The zero-order valence-corrected chi connectivity index (χ0v) is 18.3. The number of rotatable bonds is 6. The first-order chi connectivity index (χ1) is 15.6. The first-order valence-electron chi connectivity index (χ1n) is 11.2. The van der Waals surface area contributed by atoms with Crippen LogP contribution in [0.5, 0.6) is 0 Å². The zero-order valence-electron chi connectivity index (χ0n) is 18.3. The molecule has 0 aliphatic carbocycles. The number of amides is 3. The lowest BCUT2D eigenvalue weighted by atomic mass is 10.0. The third kappa shape index (κ3) is 5.63. The standard InChI is InChI=1S/C24H30N4O4/c29-22(16-20-6-3-5-19-4-1-2-7-21(19)20)25-17-23(30)27-10-8-26(9-11-27)18-24(31)28-12-14-32-15-13-28/h1-7H,8-18H2,(H,25,29). The van der Waals surface area contributed by atoms with Crippen molar-refractivity contribution in [2.45, 2.75) is 6.42 Å². The van der Waals surface area contributed by atoms with Crippen molar-refractivity contribution in [3.8, 4) is 0 Å². The van der Waals surface area contributed by atoms with Crippen LogP contribution in [0.2, 0.25) is 0 Å². The summed E-state index contributed by atoms with van der Waals surface area (Å²) in [4.78, 5) is 43.0. The van der Waals surface area contributed by atoms with Crippen LogP contribution in [0.4, 0.5) is 0 Å². The lowest BCUT2D eigenvalue weighted by Gasteiger charge is -2.36. The van der Waals surface area contributed by atoms with Gasteiger partial charge in [-0.15, -0.1) is 0 Å². The summed E-state index contributed by atoms with van der Waals surface area (Å²) in [6, 6.07) is 13.9. The van der Waals surface area contributed by atoms with Crippen molar-refractivity contribution in [3.63, 3.8) is 0 Å². The molecule has 1 N–H and O–H groups in total. The molecule has 8 heteroatoms. The van der Waals surface area contributed by atoms with Gasteiger partial charge in [-0.3, -0.25) is 19.3 Å². The minimum atomic E-state index is -0.163. The Morgan fingerprint density at radius 2 is 1.50 bits per heavy atom. The summed E-state index contributed by atoms with van der Waals surface area (Å²) in [6.07, 6.45) is 0.242. The largest absolute Gasteiger partial charge is 0.378 e. The van der Waals surface area contributed by atoms with Gasteiger partial charge in [-0.1, -0.05) is 42.5 Å². The van der Waals surface area contributed by atoms with Crippen molar-refractivity contribution in [1.29, 1.82) is 0 Å². The number of piperazine rings is 1. The van der Waals surface area contributed by atoms with Gasteiger partial charge in [0.1, 0.15) is 0 Å². The number of nitrogens with one attached hydrogen (secondary N) is 1. The number of carbonyl (C=O) groups is 3. The molecule has 2 aliphatic rings. The van der Waals surface area contributed by atoms with Gasteiger partial charge in [0.15, 0.2) is 0 Å². The third-order valence-electron chi connectivity index (χ3n) is 6.12. The molecule has 3 amide bonds. The smallest absolute Gasteiger partial charge is 0.242 e. The molecular weight excluding hydrogens is 408 g/mol. The lowest BCUT2D eigenvalue weighted by molar-refractivity contribution is -0.138. The molecule has 2 saturated heterocycles. The Labute approximate surface area is 188 Å². The minimum absolute atomic E-state index is 0.00366. The molecule has 32 heavy (non-hydrogen) atoms. The minimum Gasteiger partial charge on any atom is -0.378 e. The first kappa shape index (κ1) is 22.2. The van der Waals surface area contributed by atoms with Crippen LogP contribution < -0.4 is 5.32 Å². The van der Waals surface area contributed by atoms with Gasteiger partial charge in [0, 0.05) is 39.3 Å². The molecule has 2 fully saturated rings. The number of hydrogen-bond donors (Lipinski definition) is 1. The number of benzene rings is 2. The molecule has 0 unspecified atom stereocenters. The molecule has 2 heterocycles. The van der Waals surface area contributed by atoms with Crippen LogP contribution in [0, 0.1) is 0 Å². The van der Waals surface area contributed by atoms with Gasteiger partial charge < -0.3 is 19.9 Å². The van der Waals surface area contributed by atoms with Crippen LogP contribution in [-0.4, -0.2) is 98.0 Å². The van der Waals surface area contributed by atoms with Crippen LogP contribution in [0.3, 0.4) is 0 Å². The van der Waals surface area contributed by atoms with Crippen molar-refractivity contribution in [2.75, 3.05) is 65.6 Å². The van der Waals surface area contributed by atoms with E-state index in [0.29, 0.717) is 59.0 Å². The topological polar surface area (TPSA) is 82.2 Å². The van der Waals surface area contributed by atoms with Crippen LogP contribution in [0.1, 0.15) is 5.56 Å². The molecule has 2 aliphatic heterocycles. The lowest BCUT2D eigenvalue weighted by Crippen LogP contribution is -2.54. The summed E-state index contributed by atoms with van der Waals surface area (Å²) in [7, 11) is 0. The Morgan fingerprint density at radius 3 is 2.28 bits per heavy atom. The molecule has 2 aromatic carbocycles. The summed E-state index contributed by atoms with van der Waals surface area (Å²) >= 11 is 0. The highest BCUT2D eigenvalue weighted by atomic mass is 16.5. The van der Waals surface area contributed by atoms with E-state index in [1.54, 1.807) is 4.90 Å². The SMILES string of the molecule is O=C(Cc1cccc2ccccc12)NCC(=O)N1CCN(CC(=O)N2CCOCC2)CC1. The number of carbonyl (C=O) groups excluding carboxylic acids is 3. The first-order valence-corrected chi connectivity index (χ1v) is 11.2. The molecular formula is C24H30N4O4. The van der Waals surface area contributed by atoms with Crippen LogP contribution >= 0.6 is 0 Å². The third-order valence-corrected chi connectivity index (χ3v) is 6.12. The normalized spacial score (nSPS) is 17.4. The average Bonchev–Trinajstić information content (AvgIpc) is 2.84. The molecule has 2 aromatic rings. The number of ether oxygens (including phenoxy) is 1. The predicted octanol–water partition coefficient (Wildman–Crippen LogP) is 0.502. The van der Waals surface area contributed by atoms with E-state index in [4.69, 9.17) is 4.74 Å². The van der Waals surface area contributed by atoms with Crippen molar-refractivity contribution in [2.24, 2.45) is 0 Å². The number of fused-ring (bicyclic) bond motifs is 1. The van der Waals surface area contributed by atoms with Gasteiger partial charge in [-0.2, -0.15) is 0 Å². The van der Waals surface area contributed by atoms with Crippen LogP contribution in [0.15, 0.2) is 42.5 Å². The predicted molar refractivity (Wildman–Crippen MR) is 121 cm³/mol. The van der Waals surface area contributed by atoms with Crippen LogP contribution in [-0.2, 0) is 25.5 Å². The van der Waals surface area contributed by atoms with Gasteiger partial charge in [0.05, 0.1) is 32.7 Å². The van der Waals surface area contributed by atoms with E-state index in [1.165, 1.54) is 0 Å². The number of nitrogens with zero attached hydrogens (tertiary/aromatic N) is 3. The maximum Gasteiger partial charge on any atom is 0.242 e. The maximum atomic E-state index is 12.5. The summed E-state index contributed by atoms with van der Waals surface area (Å²) in [6.45, 7) is 5.31. The molecule has 8 nitrogen and oxygen atoms in total. The van der Waals surface area contributed by atoms with E-state index in [2.05, 4.69) is 10.2 Å². The monoisotopic (exact) mass is 438 g/mol. The zero-order chi connectivity index (χ0) is 22.3. The molecule has 0 atom stereocenters. The van der Waals surface area contributed by atoms with E-state index in [9.17, 15) is 14.4 Å². The second kappa shape index (κ2) is 10.6. The van der Waals surface area contributed by atoms with Crippen molar-refractivity contribution in [1.82, 2.24) is 20.0 Å². The summed E-state index contributed by atoms with van der Waals surface area (Å²) < 4.78 is 5.29. The van der Waals surface area contributed by atoms with Gasteiger partial charge in [0.2, 0.25) is 17.7 Å². The van der Waals surface area contributed by atoms with Crippen LogP contribution in [0.25, 0.3) is 10.8 Å². The van der Waals surface area contributed by atoms with Crippen molar-refractivity contribution < 1.29 is 19.1 Å². The molecule has 0 aromatic heterocycles. The highest BCUT2D eigenvalue weighted by molar-refractivity contribution is 5.91. The Bertz CT molecular complexity index is 960. The van der Waals surface area contributed by atoms with Gasteiger partial charge in [0.25, 0.3) is 0 Å². The quantitative estimate of drug-likeness (QED) is 0.711. The van der Waals surface area contributed by atoms with Crippen molar-refractivity contribution in [3.05, 3.63) is 48.0 Å². The Balaban J connectivity index is 1.19. The second-order valence-electron chi connectivity index (χ2n) is 8.24. The Hall–Kier alpha value is -2.97. The molecule has 0 spiro atoms. The number of hydrogen-bond acceptors (Lipinski definition) is 5. The summed E-state index contributed by atoms with van der Waals surface area (Å²) in [5.74, 6) is -0.131. The average molecular weight is 439 g/mol. The maximum absolute atomic E-state index is 12.5. The fraction of sp³-hybridized carbons (Fsp3) is 0.458. The molecule has 0 bridgehead atoms. The molecule has 0 radical (unpaired) electrons. The summed E-state index contributed by atoms with van der Waals surface area (Å²) in [5, 5.41) is 4.91. The van der Waals surface area contributed by atoms with Crippen molar-refractivity contribution >= 4 is 28.5 Å². The van der Waals surface area contributed by atoms with E-state index in [1.807, 2.05) is 47.4 Å². The van der Waals surface area contributed by atoms with Gasteiger partial charge in [-0.25, -0.2) is 0 Å². The Morgan fingerprint density at radius 1 is 0.812 bits per heavy atom. The second-order valence-corrected chi connectivity index (χ2v) is 8.24. The highest BCUT2D eigenvalue weighted by Gasteiger charge is 2.25.